The number of nitrogens with zero attached hydrogens (tertiary/aromatic N) is 4. The molecule has 0 saturated carbocycles. The number of likely N-dealkylation sites (tertiary alicyclic amines) is 1. The molecule has 1 aliphatic rings. The van der Waals surface area contributed by atoms with Gasteiger partial charge in [0.2, 0.25) is 0 Å². The van der Waals surface area contributed by atoms with E-state index in [2.05, 4.69) is 27.2 Å². The van der Waals surface area contributed by atoms with Crippen LogP contribution in [-0.4, -0.2) is 46.3 Å². The van der Waals surface area contributed by atoms with Crippen LogP contribution in [0.25, 0.3) is 0 Å². The summed E-state index contributed by atoms with van der Waals surface area (Å²) in [6.07, 6.45) is 4.24. The fourth-order valence-corrected chi connectivity index (χ4v) is 2.51. The number of aryl methyl sites for hydroxylation is 1. The van der Waals surface area contributed by atoms with Gasteiger partial charge in [0.25, 0.3) is 0 Å². The summed E-state index contributed by atoms with van der Waals surface area (Å²) in [5.74, 6) is 1.94. The number of hydrogen-bond donors (Lipinski definition) is 1. The van der Waals surface area contributed by atoms with E-state index in [4.69, 9.17) is 0 Å². The molecule has 0 unspecified atom stereocenters. The van der Waals surface area contributed by atoms with Gasteiger partial charge in [-0.2, -0.15) is 5.10 Å². The van der Waals surface area contributed by atoms with Gasteiger partial charge in [-0.1, -0.05) is 0 Å². The summed E-state index contributed by atoms with van der Waals surface area (Å²) in [4.78, 5) is 6.82. The Morgan fingerprint density at radius 1 is 1.41 bits per heavy atom. The Kier molecular flexibility index (Phi) is 4.50. The summed E-state index contributed by atoms with van der Waals surface area (Å²) in [6, 6.07) is 0. The van der Waals surface area contributed by atoms with E-state index in [1.54, 1.807) is 6.33 Å². The van der Waals surface area contributed by atoms with Crippen molar-refractivity contribution < 1.29 is 0 Å². The largest absolute Gasteiger partial charge is 0.319 e. The molecule has 1 aromatic heterocycles. The lowest BCUT2D eigenvalue weighted by molar-refractivity contribution is 0.171. The van der Waals surface area contributed by atoms with Gasteiger partial charge in [-0.25, -0.2) is 9.67 Å². The van der Waals surface area contributed by atoms with Crippen LogP contribution in [0.15, 0.2) is 6.33 Å². The Morgan fingerprint density at radius 2 is 2.18 bits per heavy atom. The molecule has 5 nitrogen and oxygen atoms in total. The highest BCUT2D eigenvalue weighted by Crippen LogP contribution is 2.17. The SMILES string of the molecule is CCn1ncnc1CN1CCC(CNC)CC1. The van der Waals surface area contributed by atoms with E-state index in [1.807, 2.05) is 11.7 Å². The molecule has 1 fully saturated rings. The molecule has 0 aliphatic carbocycles. The second-order valence-corrected chi connectivity index (χ2v) is 4.77. The summed E-state index contributed by atoms with van der Waals surface area (Å²) in [5.41, 5.74) is 0. The Balaban J connectivity index is 1.82. The normalized spacial score (nSPS) is 18.7. The smallest absolute Gasteiger partial charge is 0.140 e. The zero-order valence-corrected chi connectivity index (χ0v) is 10.9. The van der Waals surface area contributed by atoms with Crippen molar-refractivity contribution in [1.29, 1.82) is 0 Å². The van der Waals surface area contributed by atoms with Gasteiger partial charge in [0.05, 0.1) is 6.54 Å². The lowest BCUT2D eigenvalue weighted by Gasteiger charge is -2.31. The van der Waals surface area contributed by atoms with Gasteiger partial charge >= 0.3 is 0 Å². The first kappa shape index (κ1) is 12.5. The molecule has 1 aromatic rings. The van der Waals surface area contributed by atoms with Crippen molar-refractivity contribution in [3.05, 3.63) is 12.2 Å². The second kappa shape index (κ2) is 6.12. The van der Waals surface area contributed by atoms with Crippen molar-refractivity contribution in [3.63, 3.8) is 0 Å². The van der Waals surface area contributed by atoms with Crippen LogP contribution in [0, 0.1) is 5.92 Å². The van der Waals surface area contributed by atoms with Crippen LogP contribution >= 0.6 is 0 Å². The van der Waals surface area contributed by atoms with Crippen molar-refractivity contribution in [2.45, 2.75) is 32.9 Å². The van der Waals surface area contributed by atoms with Crippen molar-refractivity contribution in [2.24, 2.45) is 5.92 Å². The Labute approximate surface area is 103 Å². The quantitative estimate of drug-likeness (QED) is 0.820. The monoisotopic (exact) mass is 237 g/mol. The van der Waals surface area contributed by atoms with Gasteiger partial charge in [-0.3, -0.25) is 4.90 Å². The maximum absolute atomic E-state index is 4.33. The molecule has 2 heterocycles. The summed E-state index contributed by atoms with van der Waals surface area (Å²) < 4.78 is 1.99. The van der Waals surface area contributed by atoms with Crippen LogP contribution in [0.4, 0.5) is 0 Å². The van der Waals surface area contributed by atoms with E-state index in [9.17, 15) is 0 Å². The molecule has 96 valence electrons. The van der Waals surface area contributed by atoms with Crippen LogP contribution in [0.3, 0.4) is 0 Å². The number of aromatic nitrogens is 3. The third-order valence-corrected chi connectivity index (χ3v) is 3.56. The standard InChI is InChI=1S/C12H23N5/c1-3-17-12(14-10-15-17)9-16-6-4-11(5-7-16)8-13-2/h10-11,13H,3-9H2,1-2H3. The third-order valence-electron chi connectivity index (χ3n) is 3.56. The van der Waals surface area contributed by atoms with Gasteiger partial charge in [0.15, 0.2) is 0 Å². The molecule has 0 spiro atoms. The number of piperidine rings is 1. The first-order valence-electron chi connectivity index (χ1n) is 6.57. The van der Waals surface area contributed by atoms with E-state index in [0.29, 0.717) is 0 Å². The summed E-state index contributed by atoms with van der Waals surface area (Å²) in [6.45, 7) is 7.48. The molecule has 0 aromatic carbocycles. The Bertz CT molecular complexity index is 327. The van der Waals surface area contributed by atoms with Crippen LogP contribution in [-0.2, 0) is 13.1 Å². The average molecular weight is 237 g/mol. The molecule has 17 heavy (non-hydrogen) atoms. The highest BCUT2D eigenvalue weighted by atomic mass is 15.3. The first-order valence-corrected chi connectivity index (χ1v) is 6.57. The average Bonchev–Trinajstić information content (AvgIpc) is 2.79. The van der Waals surface area contributed by atoms with Gasteiger partial charge in [0.1, 0.15) is 12.2 Å². The van der Waals surface area contributed by atoms with Crippen LogP contribution in [0.1, 0.15) is 25.6 Å². The topological polar surface area (TPSA) is 46.0 Å². The predicted molar refractivity (Wildman–Crippen MR) is 67.6 cm³/mol. The third kappa shape index (κ3) is 3.26. The van der Waals surface area contributed by atoms with E-state index in [0.717, 1.165) is 31.4 Å². The van der Waals surface area contributed by atoms with Gasteiger partial charge in [0, 0.05) is 6.54 Å². The highest BCUT2D eigenvalue weighted by molar-refractivity contribution is 4.86. The predicted octanol–water partition coefficient (Wildman–Crippen LogP) is 0.729. The summed E-state index contributed by atoms with van der Waals surface area (Å²) in [5, 5.41) is 7.48. The number of nitrogens with one attached hydrogen (secondary N) is 1. The number of rotatable bonds is 5. The van der Waals surface area contributed by atoms with Gasteiger partial charge in [-0.05, 0) is 52.4 Å². The van der Waals surface area contributed by atoms with E-state index >= 15 is 0 Å². The fourth-order valence-electron chi connectivity index (χ4n) is 2.51. The van der Waals surface area contributed by atoms with Gasteiger partial charge in [-0.15, -0.1) is 0 Å². The molecule has 0 bridgehead atoms. The summed E-state index contributed by atoms with van der Waals surface area (Å²) in [7, 11) is 2.04. The fraction of sp³-hybridized carbons (Fsp3) is 0.833. The van der Waals surface area contributed by atoms with Crippen molar-refractivity contribution >= 4 is 0 Å². The molecule has 0 atom stereocenters. The zero-order valence-electron chi connectivity index (χ0n) is 10.9. The summed E-state index contributed by atoms with van der Waals surface area (Å²) >= 11 is 0. The van der Waals surface area contributed by atoms with E-state index in [1.165, 1.54) is 25.9 Å². The molecular weight excluding hydrogens is 214 g/mol. The molecule has 2 rings (SSSR count). The lowest BCUT2D eigenvalue weighted by Crippen LogP contribution is -2.36. The maximum Gasteiger partial charge on any atom is 0.140 e. The second-order valence-electron chi connectivity index (χ2n) is 4.77. The van der Waals surface area contributed by atoms with E-state index < -0.39 is 0 Å². The minimum absolute atomic E-state index is 0.847. The molecule has 1 saturated heterocycles. The lowest BCUT2D eigenvalue weighted by atomic mass is 9.97. The molecule has 1 aliphatic heterocycles. The molecule has 1 N–H and O–H groups in total. The Morgan fingerprint density at radius 3 is 2.82 bits per heavy atom. The molecule has 5 heteroatoms. The highest BCUT2D eigenvalue weighted by Gasteiger charge is 2.19. The van der Waals surface area contributed by atoms with Gasteiger partial charge < -0.3 is 5.32 Å². The van der Waals surface area contributed by atoms with E-state index in [-0.39, 0.29) is 0 Å². The van der Waals surface area contributed by atoms with Crippen molar-refractivity contribution in [3.8, 4) is 0 Å². The maximum atomic E-state index is 4.33. The minimum atomic E-state index is 0.847. The van der Waals surface area contributed by atoms with Crippen molar-refractivity contribution in [1.82, 2.24) is 25.0 Å². The molecular formula is C12H23N5. The molecule has 0 radical (unpaired) electrons. The zero-order chi connectivity index (χ0) is 12.1. The van der Waals surface area contributed by atoms with Crippen molar-refractivity contribution in [2.75, 3.05) is 26.7 Å². The molecule has 0 amide bonds. The van der Waals surface area contributed by atoms with Crippen LogP contribution < -0.4 is 5.32 Å². The Hall–Kier alpha value is -0.940. The van der Waals surface area contributed by atoms with Crippen LogP contribution in [0.5, 0.6) is 0 Å². The number of hydrogen-bond acceptors (Lipinski definition) is 4. The minimum Gasteiger partial charge on any atom is -0.319 e. The van der Waals surface area contributed by atoms with Crippen LogP contribution in [0.2, 0.25) is 0 Å². The first-order chi connectivity index (χ1) is 8.33.